The normalized spacial score (nSPS) is 10.9. The van der Waals surface area contributed by atoms with E-state index >= 15 is 0 Å². The molecule has 0 aliphatic rings. The van der Waals surface area contributed by atoms with Crippen LogP contribution in [0.5, 0.6) is 0 Å². The van der Waals surface area contributed by atoms with Gasteiger partial charge in [0.2, 0.25) is 0 Å². The second-order valence-electron chi connectivity index (χ2n) is 3.15. The van der Waals surface area contributed by atoms with E-state index in [1.165, 1.54) is 0 Å². The molecular formula is C11H15NO4. The van der Waals surface area contributed by atoms with Crippen molar-refractivity contribution in [2.24, 2.45) is 5.73 Å². The van der Waals surface area contributed by atoms with Gasteiger partial charge in [0, 0.05) is 6.92 Å². The summed E-state index contributed by atoms with van der Waals surface area (Å²) >= 11 is 0. The smallest absolute Gasteiger partial charge is 0.320 e. The number of nitrogens with two attached hydrogens (primary N) is 1. The maximum absolute atomic E-state index is 10.4. The predicted molar refractivity (Wildman–Crippen MR) is 59.1 cm³/mol. The van der Waals surface area contributed by atoms with Crippen LogP contribution in [-0.2, 0) is 16.0 Å². The standard InChI is InChI=1S/C9H11NO2.C2H4O2/c10-8(9(11)12)6-7-4-2-1-3-5-7;1-2(3)4/h1-5,8H,6,10H2,(H,11,12);1H3,(H,3,4)/t8-;/m0./s1. The molecule has 88 valence electrons. The van der Waals surface area contributed by atoms with Crippen molar-refractivity contribution in [3.05, 3.63) is 35.9 Å². The molecule has 0 amide bonds. The van der Waals surface area contributed by atoms with E-state index in [1.54, 1.807) is 0 Å². The molecule has 16 heavy (non-hydrogen) atoms. The summed E-state index contributed by atoms with van der Waals surface area (Å²) in [4.78, 5) is 19.4. The molecule has 0 spiro atoms. The van der Waals surface area contributed by atoms with Crippen LogP contribution in [0, 0.1) is 0 Å². The minimum absolute atomic E-state index is 0.385. The molecule has 4 N–H and O–H groups in total. The highest BCUT2D eigenvalue weighted by Crippen LogP contribution is 2.01. The van der Waals surface area contributed by atoms with Gasteiger partial charge in [-0.3, -0.25) is 9.59 Å². The van der Waals surface area contributed by atoms with E-state index in [1.807, 2.05) is 30.3 Å². The Labute approximate surface area is 93.5 Å². The summed E-state index contributed by atoms with van der Waals surface area (Å²) in [5.74, 6) is -1.79. The van der Waals surface area contributed by atoms with Gasteiger partial charge in [-0.2, -0.15) is 0 Å². The Kier molecular flexibility index (Phi) is 6.55. The molecule has 0 aromatic heterocycles. The van der Waals surface area contributed by atoms with Crippen molar-refractivity contribution in [3.8, 4) is 0 Å². The first-order chi connectivity index (χ1) is 7.43. The summed E-state index contributed by atoms with van der Waals surface area (Å²) in [6.07, 6.45) is 0.385. The van der Waals surface area contributed by atoms with Gasteiger partial charge in [0.05, 0.1) is 0 Å². The van der Waals surface area contributed by atoms with Gasteiger partial charge in [0.1, 0.15) is 6.04 Å². The van der Waals surface area contributed by atoms with Crippen molar-refractivity contribution >= 4 is 11.9 Å². The molecule has 0 aliphatic heterocycles. The highest BCUT2D eigenvalue weighted by molar-refractivity contribution is 5.73. The lowest BCUT2D eigenvalue weighted by atomic mass is 10.1. The van der Waals surface area contributed by atoms with Crippen LogP contribution < -0.4 is 5.73 Å². The fourth-order valence-corrected chi connectivity index (χ4v) is 0.955. The zero-order chi connectivity index (χ0) is 12.6. The Morgan fingerprint density at radius 3 is 2.06 bits per heavy atom. The van der Waals surface area contributed by atoms with Crippen molar-refractivity contribution in [1.29, 1.82) is 0 Å². The monoisotopic (exact) mass is 225 g/mol. The molecule has 1 rings (SSSR count). The lowest BCUT2D eigenvalue weighted by Crippen LogP contribution is -2.32. The van der Waals surface area contributed by atoms with Crippen LogP contribution in [0.1, 0.15) is 12.5 Å². The number of carboxylic acids is 2. The number of benzene rings is 1. The highest BCUT2D eigenvalue weighted by Gasteiger charge is 2.10. The fourth-order valence-electron chi connectivity index (χ4n) is 0.955. The summed E-state index contributed by atoms with van der Waals surface area (Å²) in [5, 5.41) is 15.9. The van der Waals surface area contributed by atoms with Crippen LogP contribution in [0.4, 0.5) is 0 Å². The average Bonchev–Trinajstić information content (AvgIpc) is 2.18. The summed E-state index contributed by atoms with van der Waals surface area (Å²) < 4.78 is 0. The summed E-state index contributed by atoms with van der Waals surface area (Å²) in [5.41, 5.74) is 6.30. The van der Waals surface area contributed by atoms with Crippen LogP contribution in [0.3, 0.4) is 0 Å². The number of carboxylic acid groups (broad SMARTS) is 2. The molecule has 0 saturated heterocycles. The first kappa shape index (κ1) is 14.1. The Hall–Kier alpha value is -1.88. The van der Waals surface area contributed by atoms with Gasteiger partial charge in [-0.05, 0) is 12.0 Å². The van der Waals surface area contributed by atoms with E-state index in [0.29, 0.717) is 6.42 Å². The zero-order valence-electron chi connectivity index (χ0n) is 8.96. The molecule has 0 saturated carbocycles. The fraction of sp³-hybridized carbons (Fsp3) is 0.273. The van der Waals surface area contributed by atoms with E-state index in [4.69, 9.17) is 20.7 Å². The third-order valence-corrected chi connectivity index (χ3v) is 1.62. The van der Waals surface area contributed by atoms with Crippen LogP contribution in [-0.4, -0.2) is 28.2 Å². The number of aliphatic carboxylic acids is 2. The number of hydrogen-bond donors (Lipinski definition) is 3. The Morgan fingerprint density at radius 2 is 1.69 bits per heavy atom. The molecule has 0 bridgehead atoms. The molecule has 0 fully saturated rings. The van der Waals surface area contributed by atoms with Gasteiger partial charge in [-0.1, -0.05) is 30.3 Å². The number of hydrogen-bond acceptors (Lipinski definition) is 3. The first-order valence-corrected chi connectivity index (χ1v) is 4.65. The molecule has 1 aromatic carbocycles. The Morgan fingerprint density at radius 1 is 1.25 bits per heavy atom. The topological polar surface area (TPSA) is 101 Å². The third-order valence-electron chi connectivity index (χ3n) is 1.62. The second-order valence-corrected chi connectivity index (χ2v) is 3.15. The molecular weight excluding hydrogens is 210 g/mol. The molecule has 0 aliphatic carbocycles. The van der Waals surface area contributed by atoms with Crippen LogP contribution in [0.15, 0.2) is 30.3 Å². The molecule has 0 radical (unpaired) electrons. The van der Waals surface area contributed by atoms with E-state index in [-0.39, 0.29) is 0 Å². The minimum Gasteiger partial charge on any atom is -0.481 e. The van der Waals surface area contributed by atoms with E-state index < -0.39 is 18.0 Å². The van der Waals surface area contributed by atoms with Crippen molar-refractivity contribution in [2.75, 3.05) is 0 Å². The van der Waals surface area contributed by atoms with Gasteiger partial charge in [-0.15, -0.1) is 0 Å². The molecule has 5 heteroatoms. The lowest BCUT2D eigenvalue weighted by molar-refractivity contribution is -0.138. The van der Waals surface area contributed by atoms with Crippen molar-refractivity contribution in [3.63, 3.8) is 0 Å². The molecule has 0 unspecified atom stereocenters. The second kappa shape index (κ2) is 7.42. The van der Waals surface area contributed by atoms with Crippen LogP contribution in [0.25, 0.3) is 0 Å². The van der Waals surface area contributed by atoms with E-state index in [2.05, 4.69) is 0 Å². The van der Waals surface area contributed by atoms with Crippen LogP contribution in [0.2, 0.25) is 0 Å². The predicted octanol–water partition coefficient (Wildman–Crippen LogP) is 0.732. The van der Waals surface area contributed by atoms with Gasteiger partial charge in [-0.25, -0.2) is 0 Å². The maximum atomic E-state index is 10.4. The molecule has 1 atom stereocenters. The summed E-state index contributed by atoms with van der Waals surface area (Å²) in [6, 6.07) is 8.54. The largest absolute Gasteiger partial charge is 0.481 e. The van der Waals surface area contributed by atoms with Gasteiger partial charge >= 0.3 is 5.97 Å². The summed E-state index contributed by atoms with van der Waals surface area (Å²) in [6.45, 7) is 1.08. The third kappa shape index (κ3) is 7.52. The molecule has 1 aromatic rings. The Bertz CT molecular complexity index is 333. The SMILES string of the molecule is CC(=O)O.N[C@@H](Cc1ccccc1)C(=O)O. The first-order valence-electron chi connectivity index (χ1n) is 4.65. The quantitative estimate of drug-likeness (QED) is 0.704. The van der Waals surface area contributed by atoms with Gasteiger partial charge in [0.25, 0.3) is 5.97 Å². The minimum atomic E-state index is -0.959. The van der Waals surface area contributed by atoms with Gasteiger partial charge in [0.15, 0.2) is 0 Å². The molecule has 5 nitrogen and oxygen atoms in total. The maximum Gasteiger partial charge on any atom is 0.320 e. The highest BCUT2D eigenvalue weighted by atomic mass is 16.4. The van der Waals surface area contributed by atoms with Crippen molar-refractivity contribution in [1.82, 2.24) is 0 Å². The van der Waals surface area contributed by atoms with Gasteiger partial charge < -0.3 is 15.9 Å². The number of rotatable bonds is 3. The summed E-state index contributed by atoms with van der Waals surface area (Å²) in [7, 11) is 0. The van der Waals surface area contributed by atoms with Crippen molar-refractivity contribution < 1.29 is 19.8 Å². The van der Waals surface area contributed by atoms with Crippen molar-refractivity contribution in [2.45, 2.75) is 19.4 Å². The van der Waals surface area contributed by atoms with E-state index in [9.17, 15) is 4.79 Å². The average molecular weight is 225 g/mol. The number of carbonyl (C=O) groups is 2. The lowest BCUT2D eigenvalue weighted by Gasteiger charge is -2.04. The van der Waals surface area contributed by atoms with Crippen LogP contribution >= 0.6 is 0 Å². The molecule has 0 heterocycles. The van der Waals surface area contributed by atoms with E-state index in [0.717, 1.165) is 12.5 Å². The Balaban J connectivity index is 0.000000487. The zero-order valence-corrected chi connectivity index (χ0v) is 8.96.